The van der Waals surface area contributed by atoms with Gasteiger partial charge in [0.1, 0.15) is 0 Å². The molecular weight excluding hydrogens is 286 g/mol. The molecule has 0 bridgehead atoms. The molecule has 0 radical (unpaired) electrons. The lowest BCUT2D eigenvalue weighted by molar-refractivity contribution is -0.145. The highest BCUT2D eigenvalue weighted by Crippen LogP contribution is 2.46. The number of carbonyl (C=O) groups is 1. The van der Waals surface area contributed by atoms with Gasteiger partial charge in [-0.3, -0.25) is 9.69 Å². The summed E-state index contributed by atoms with van der Waals surface area (Å²) in [6, 6.07) is 0. The minimum Gasteiger partial charge on any atom is -0.466 e. The zero-order valence-electron chi connectivity index (χ0n) is 16.4. The third-order valence-corrected chi connectivity index (χ3v) is 5.57. The molecule has 0 aromatic carbocycles. The Morgan fingerprint density at radius 1 is 1.13 bits per heavy atom. The number of hydrogen-bond donors (Lipinski definition) is 0. The van der Waals surface area contributed by atoms with Crippen molar-refractivity contribution in [3.05, 3.63) is 0 Å². The summed E-state index contributed by atoms with van der Waals surface area (Å²) >= 11 is 0. The quantitative estimate of drug-likeness (QED) is 0.614. The number of hydrogen-bond acceptors (Lipinski definition) is 3. The molecule has 2 aliphatic carbocycles. The molecule has 0 aromatic heterocycles. The summed E-state index contributed by atoms with van der Waals surface area (Å²) in [6.07, 6.45) is 9.18. The Balaban J connectivity index is 0.00000127. The van der Waals surface area contributed by atoms with Crippen LogP contribution in [0.1, 0.15) is 86.0 Å². The van der Waals surface area contributed by atoms with Crippen molar-refractivity contribution in [3.63, 3.8) is 0 Å². The van der Waals surface area contributed by atoms with Crippen molar-refractivity contribution >= 4 is 5.97 Å². The SMILES string of the molecule is CC.CCCOC(=O)CC1(N(C)CC2CCC(C)(C)CC2)CC1. The van der Waals surface area contributed by atoms with E-state index in [0.717, 1.165) is 31.7 Å². The summed E-state index contributed by atoms with van der Waals surface area (Å²) in [5.41, 5.74) is 0.661. The molecule has 2 aliphatic rings. The maximum atomic E-state index is 11.9. The van der Waals surface area contributed by atoms with E-state index >= 15 is 0 Å². The first-order valence-electron chi connectivity index (χ1n) is 9.74. The van der Waals surface area contributed by atoms with Gasteiger partial charge in [-0.05, 0) is 63.3 Å². The maximum absolute atomic E-state index is 11.9. The molecule has 23 heavy (non-hydrogen) atoms. The first-order valence-corrected chi connectivity index (χ1v) is 9.74. The van der Waals surface area contributed by atoms with Gasteiger partial charge < -0.3 is 4.74 Å². The maximum Gasteiger partial charge on any atom is 0.307 e. The van der Waals surface area contributed by atoms with E-state index in [2.05, 4.69) is 25.8 Å². The smallest absolute Gasteiger partial charge is 0.307 e. The molecule has 0 aliphatic heterocycles. The first kappa shape index (κ1) is 20.5. The highest BCUT2D eigenvalue weighted by molar-refractivity contribution is 5.71. The normalized spacial score (nSPS) is 22.2. The van der Waals surface area contributed by atoms with Crippen molar-refractivity contribution in [1.29, 1.82) is 0 Å². The van der Waals surface area contributed by atoms with Gasteiger partial charge in [-0.1, -0.05) is 34.6 Å². The van der Waals surface area contributed by atoms with Crippen LogP contribution in [0.5, 0.6) is 0 Å². The molecule has 0 aromatic rings. The zero-order valence-corrected chi connectivity index (χ0v) is 16.4. The van der Waals surface area contributed by atoms with E-state index in [-0.39, 0.29) is 11.5 Å². The fourth-order valence-corrected chi connectivity index (χ4v) is 3.60. The molecule has 3 nitrogen and oxygen atoms in total. The van der Waals surface area contributed by atoms with Gasteiger partial charge in [-0.2, -0.15) is 0 Å². The molecule has 3 heteroatoms. The van der Waals surface area contributed by atoms with Gasteiger partial charge >= 0.3 is 5.97 Å². The summed E-state index contributed by atoms with van der Waals surface area (Å²) in [4.78, 5) is 14.4. The summed E-state index contributed by atoms with van der Waals surface area (Å²) in [5, 5.41) is 0. The predicted molar refractivity (Wildman–Crippen MR) is 97.5 cm³/mol. The van der Waals surface area contributed by atoms with Gasteiger partial charge in [-0.15, -0.1) is 0 Å². The Labute approximate surface area is 144 Å². The Morgan fingerprint density at radius 2 is 1.70 bits per heavy atom. The van der Waals surface area contributed by atoms with Crippen molar-refractivity contribution in [1.82, 2.24) is 4.90 Å². The predicted octanol–water partition coefficient (Wildman–Crippen LogP) is 5.04. The standard InChI is InChI=1S/C18H33NO2.C2H6/c1-5-12-21-16(20)13-18(10-11-18)19(4)14-15-6-8-17(2,3)9-7-15;1-2/h15H,5-14H2,1-4H3;1-2H3. The van der Waals surface area contributed by atoms with Crippen LogP contribution in [0.4, 0.5) is 0 Å². The summed E-state index contributed by atoms with van der Waals surface area (Å²) in [5.74, 6) is 0.804. The van der Waals surface area contributed by atoms with E-state index in [9.17, 15) is 4.79 Å². The van der Waals surface area contributed by atoms with E-state index in [4.69, 9.17) is 4.74 Å². The topological polar surface area (TPSA) is 29.5 Å². The molecule has 0 unspecified atom stereocenters. The average Bonchev–Trinajstić information content (AvgIpc) is 3.30. The molecule has 0 spiro atoms. The number of ether oxygens (including phenoxy) is 1. The van der Waals surface area contributed by atoms with Crippen LogP contribution in [0.15, 0.2) is 0 Å². The van der Waals surface area contributed by atoms with E-state index in [1.807, 2.05) is 20.8 Å². The van der Waals surface area contributed by atoms with E-state index in [0.29, 0.717) is 18.4 Å². The molecule has 2 fully saturated rings. The number of carbonyl (C=O) groups excluding carboxylic acids is 1. The fraction of sp³-hybridized carbons (Fsp3) is 0.950. The van der Waals surface area contributed by atoms with Crippen molar-refractivity contribution in [2.45, 2.75) is 91.5 Å². The van der Waals surface area contributed by atoms with E-state index in [1.165, 1.54) is 25.7 Å². The molecule has 0 heterocycles. The van der Waals surface area contributed by atoms with Crippen molar-refractivity contribution in [3.8, 4) is 0 Å². The lowest BCUT2D eigenvalue weighted by Crippen LogP contribution is -2.40. The number of esters is 1. The lowest BCUT2D eigenvalue weighted by Gasteiger charge is -2.38. The minimum atomic E-state index is -0.00835. The molecular formula is C20H39NO2. The second-order valence-electron chi connectivity index (χ2n) is 8.11. The summed E-state index contributed by atoms with van der Waals surface area (Å²) in [6.45, 7) is 12.5. The largest absolute Gasteiger partial charge is 0.466 e. The fourth-order valence-electron chi connectivity index (χ4n) is 3.60. The van der Waals surface area contributed by atoms with Crippen LogP contribution < -0.4 is 0 Å². The number of rotatable bonds is 7. The van der Waals surface area contributed by atoms with Gasteiger partial charge in [0.2, 0.25) is 0 Å². The van der Waals surface area contributed by atoms with Crippen LogP contribution in [0.25, 0.3) is 0 Å². The van der Waals surface area contributed by atoms with Crippen LogP contribution in [-0.4, -0.2) is 36.6 Å². The second-order valence-corrected chi connectivity index (χ2v) is 8.11. The van der Waals surface area contributed by atoms with Crippen molar-refractivity contribution in [2.75, 3.05) is 20.2 Å². The molecule has 2 saturated carbocycles. The van der Waals surface area contributed by atoms with Gasteiger partial charge in [0, 0.05) is 12.1 Å². The Morgan fingerprint density at radius 3 is 2.17 bits per heavy atom. The molecule has 0 saturated heterocycles. The zero-order chi connectivity index (χ0) is 17.5. The van der Waals surface area contributed by atoms with Gasteiger partial charge in [0.25, 0.3) is 0 Å². The van der Waals surface area contributed by atoms with Crippen LogP contribution >= 0.6 is 0 Å². The third-order valence-electron chi connectivity index (χ3n) is 5.57. The van der Waals surface area contributed by atoms with Crippen LogP contribution in [0.3, 0.4) is 0 Å². The van der Waals surface area contributed by atoms with Gasteiger partial charge in [0.15, 0.2) is 0 Å². The van der Waals surface area contributed by atoms with Gasteiger partial charge in [0.05, 0.1) is 13.0 Å². The van der Waals surface area contributed by atoms with Crippen LogP contribution in [-0.2, 0) is 9.53 Å². The summed E-state index contributed by atoms with van der Waals surface area (Å²) < 4.78 is 5.27. The minimum absolute atomic E-state index is 0.00835. The third kappa shape index (κ3) is 6.45. The Bertz CT molecular complexity index is 351. The molecule has 0 N–H and O–H groups in total. The lowest BCUT2D eigenvalue weighted by atomic mass is 9.73. The highest BCUT2D eigenvalue weighted by atomic mass is 16.5. The van der Waals surface area contributed by atoms with Crippen LogP contribution in [0.2, 0.25) is 0 Å². The highest BCUT2D eigenvalue weighted by Gasteiger charge is 2.48. The van der Waals surface area contributed by atoms with Crippen molar-refractivity contribution < 1.29 is 9.53 Å². The summed E-state index contributed by atoms with van der Waals surface area (Å²) in [7, 11) is 2.21. The van der Waals surface area contributed by atoms with Gasteiger partial charge in [-0.25, -0.2) is 0 Å². The van der Waals surface area contributed by atoms with Crippen LogP contribution in [0, 0.1) is 11.3 Å². The first-order chi connectivity index (χ1) is 10.9. The Kier molecular flexibility index (Phi) is 8.06. The molecule has 2 rings (SSSR count). The molecule has 136 valence electrons. The Hall–Kier alpha value is -0.570. The van der Waals surface area contributed by atoms with E-state index in [1.54, 1.807) is 0 Å². The monoisotopic (exact) mass is 325 g/mol. The second kappa shape index (κ2) is 9.05. The van der Waals surface area contributed by atoms with E-state index < -0.39 is 0 Å². The molecule has 0 amide bonds. The van der Waals surface area contributed by atoms with Crippen molar-refractivity contribution in [2.24, 2.45) is 11.3 Å². The molecule has 0 atom stereocenters. The average molecular weight is 326 g/mol. The number of nitrogens with zero attached hydrogens (tertiary/aromatic N) is 1.